The number of nitrogens with one attached hydrogen (secondary N) is 1. The number of halogens is 1. The largest absolute Gasteiger partial charge is 0.398 e. The maximum atomic E-state index is 5.89. The van der Waals surface area contributed by atoms with Gasteiger partial charge in [-0.25, -0.2) is 0 Å². The first-order valence-electron chi connectivity index (χ1n) is 7.35. The van der Waals surface area contributed by atoms with E-state index in [1.165, 1.54) is 32.1 Å². The number of nitrogen functional groups attached to an aromatic ring is 1. The van der Waals surface area contributed by atoms with Crippen molar-refractivity contribution in [1.82, 2.24) is 0 Å². The number of benzene rings is 1. The number of anilines is 2. The molecule has 1 saturated carbocycles. The van der Waals surface area contributed by atoms with Crippen LogP contribution in [0.2, 0.25) is 0 Å². The number of hydrogen-bond acceptors (Lipinski definition) is 2. The monoisotopic (exact) mass is 324 g/mol. The highest BCUT2D eigenvalue weighted by Gasteiger charge is 2.17. The lowest BCUT2D eigenvalue weighted by Crippen LogP contribution is -2.16. The molecule has 0 aromatic heterocycles. The van der Waals surface area contributed by atoms with E-state index in [4.69, 9.17) is 5.73 Å². The second-order valence-corrected chi connectivity index (χ2v) is 6.88. The fourth-order valence-electron chi connectivity index (χ4n) is 2.86. The standard InChI is InChI=1S/C16H25BrN2/c1-11-3-5-13(6-4-11)7-8-19-16-9-12(2)15(18)10-14(16)17/h9-11,13,19H,3-8,18H2,1-2H3. The summed E-state index contributed by atoms with van der Waals surface area (Å²) in [6.45, 7) is 5.49. The van der Waals surface area contributed by atoms with Crippen molar-refractivity contribution >= 4 is 27.3 Å². The van der Waals surface area contributed by atoms with Gasteiger partial charge in [0.05, 0.1) is 0 Å². The summed E-state index contributed by atoms with van der Waals surface area (Å²) in [5, 5.41) is 3.54. The minimum atomic E-state index is 0.846. The van der Waals surface area contributed by atoms with Crippen LogP contribution in [0.5, 0.6) is 0 Å². The molecule has 0 heterocycles. The number of hydrogen-bond donors (Lipinski definition) is 2. The Kier molecular flexibility index (Phi) is 5.14. The molecule has 1 aromatic carbocycles. The van der Waals surface area contributed by atoms with Crippen molar-refractivity contribution in [3.8, 4) is 0 Å². The topological polar surface area (TPSA) is 38.0 Å². The van der Waals surface area contributed by atoms with Crippen LogP contribution in [0, 0.1) is 18.8 Å². The molecule has 1 aliphatic carbocycles. The molecule has 0 aliphatic heterocycles. The molecule has 2 rings (SSSR count). The van der Waals surface area contributed by atoms with E-state index >= 15 is 0 Å². The molecule has 3 heteroatoms. The van der Waals surface area contributed by atoms with E-state index in [1.807, 2.05) is 6.07 Å². The quantitative estimate of drug-likeness (QED) is 0.767. The summed E-state index contributed by atoms with van der Waals surface area (Å²) in [6, 6.07) is 4.11. The van der Waals surface area contributed by atoms with Crippen molar-refractivity contribution in [3.63, 3.8) is 0 Å². The van der Waals surface area contributed by atoms with Crippen molar-refractivity contribution in [3.05, 3.63) is 22.2 Å². The van der Waals surface area contributed by atoms with Gasteiger partial charge in [-0.05, 0) is 58.8 Å². The first kappa shape index (κ1) is 14.7. The van der Waals surface area contributed by atoms with E-state index in [2.05, 4.69) is 41.2 Å². The van der Waals surface area contributed by atoms with E-state index in [-0.39, 0.29) is 0 Å². The average molecular weight is 325 g/mol. The molecular formula is C16H25BrN2. The SMILES string of the molecule is Cc1cc(NCCC2CCC(C)CC2)c(Br)cc1N. The molecular weight excluding hydrogens is 300 g/mol. The first-order valence-corrected chi connectivity index (χ1v) is 8.15. The summed E-state index contributed by atoms with van der Waals surface area (Å²) in [6.07, 6.45) is 6.92. The molecule has 0 spiro atoms. The fraction of sp³-hybridized carbons (Fsp3) is 0.625. The first-order chi connectivity index (χ1) is 9.06. The Balaban J connectivity index is 1.81. The van der Waals surface area contributed by atoms with E-state index < -0.39 is 0 Å². The van der Waals surface area contributed by atoms with Crippen LogP contribution in [-0.2, 0) is 0 Å². The van der Waals surface area contributed by atoms with E-state index in [0.717, 1.165) is 39.8 Å². The van der Waals surface area contributed by atoms with Gasteiger partial charge in [-0.3, -0.25) is 0 Å². The van der Waals surface area contributed by atoms with Crippen LogP contribution in [0.25, 0.3) is 0 Å². The van der Waals surface area contributed by atoms with Gasteiger partial charge in [0.15, 0.2) is 0 Å². The van der Waals surface area contributed by atoms with E-state index in [9.17, 15) is 0 Å². The summed E-state index contributed by atoms with van der Waals surface area (Å²) in [7, 11) is 0. The van der Waals surface area contributed by atoms with Gasteiger partial charge in [0.25, 0.3) is 0 Å². The van der Waals surface area contributed by atoms with Crippen LogP contribution < -0.4 is 11.1 Å². The Morgan fingerprint density at radius 1 is 1.26 bits per heavy atom. The smallest absolute Gasteiger partial charge is 0.0488 e. The van der Waals surface area contributed by atoms with Crippen LogP contribution in [0.3, 0.4) is 0 Å². The summed E-state index contributed by atoms with van der Waals surface area (Å²) in [5.74, 6) is 1.86. The summed E-state index contributed by atoms with van der Waals surface area (Å²) < 4.78 is 1.06. The maximum absolute atomic E-state index is 5.89. The third-order valence-electron chi connectivity index (χ3n) is 4.36. The predicted molar refractivity (Wildman–Crippen MR) is 87.5 cm³/mol. The zero-order chi connectivity index (χ0) is 13.8. The van der Waals surface area contributed by atoms with Gasteiger partial charge in [-0.15, -0.1) is 0 Å². The van der Waals surface area contributed by atoms with Gasteiger partial charge in [0, 0.05) is 22.4 Å². The van der Waals surface area contributed by atoms with Gasteiger partial charge in [-0.2, -0.15) is 0 Å². The average Bonchev–Trinajstić information content (AvgIpc) is 2.38. The van der Waals surface area contributed by atoms with Crippen LogP contribution in [0.15, 0.2) is 16.6 Å². The molecule has 0 unspecified atom stereocenters. The molecule has 106 valence electrons. The van der Waals surface area contributed by atoms with Crippen molar-refractivity contribution in [2.45, 2.75) is 46.0 Å². The molecule has 0 atom stereocenters. The molecule has 2 nitrogen and oxygen atoms in total. The Morgan fingerprint density at radius 3 is 2.63 bits per heavy atom. The highest BCUT2D eigenvalue weighted by molar-refractivity contribution is 9.10. The maximum Gasteiger partial charge on any atom is 0.0488 e. The molecule has 3 N–H and O–H groups in total. The Morgan fingerprint density at radius 2 is 1.95 bits per heavy atom. The van der Waals surface area contributed by atoms with Gasteiger partial charge in [0.1, 0.15) is 0 Å². The van der Waals surface area contributed by atoms with Gasteiger partial charge in [-0.1, -0.05) is 32.6 Å². The minimum Gasteiger partial charge on any atom is -0.398 e. The van der Waals surface area contributed by atoms with Gasteiger partial charge >= 0.3 is 0 Å². The summed E-state index contributed by atoms with van der Waals surface area (Å²) in [5.41, 5.74) is 9.04. The summed E-state index contributed by atoms with van der Waals surface area (Å²) in [4.78, 5) is 0. The van der Waals surface area contributed by atoms with Crippen LogP contribution in [0.4, 0.5) is 11.4 Å². The van der Waals surface area contributed by atoms with Gasteiger partial charge in [0.2, 0.25) is 0 Å². The lowest BCUT2D eigenvalue weighted by Gasteiger charge is -2.26. The lowest BCUT2D eigenvalue weighted by molar-refractivity contribution is 0.282. The Bertz CT molecular complexity index is 423. The molecule has 1 fully saturated rings. The second-order valence-electron chi connectivity index (χ2n) is 6.03. The number of rotatable bonds is 4. The zero-order valence-electron chi connectivity index (χ0n) is 12.0. The highest BCUT2D eigenvalue weighted by atomic mass is 79.9. The molecule has 19 heavy (non-hydrogen) atoms. The zero-order valence-corrected chi connectivity index (χ0v) is 13.6. The molecule has 0 radical (unpaired) electrons. The van der Waals surface area contributed by atoms with Crippen LogP contribution in [0.1, 0.15) is 44.6 Å². The third kappa shape index (κ3) is 4.13. The molecule has 0 saturated heterocycles. The molecule has 0 amide bonds. The van der Waals surface area contributed by atoms with Crippen molar-refractivity contribution < 1.29 is 0 Å². The van der Waals surface area contributed by atoms with Crippen LogP contribution >= 0.6 is 15.9 Å². The lowest BCUT2D eigenvalue weighted by atomic mass is 9.81. The van der Waals surface area contributed by atoms with Crippen molar-refractivity contribution in [2.75, 3.05) is 17.6 Å². The highest BCUT2D eigenvalue weighted by Crippen LogP contribution is 2.31. The fourth-order valence-corrected chi connectivity index (χ4v) is 3.36. The van der Waals surface area contributed by atoms with Crippen molar-refractivity contribution in [2.24, 2.45) is 11.8 Å². The normalized spacial score (nSPS) is 23.3. The third-order valence-corrected chi connectivity index (χ3v) is 5.02. The van der Waals surface area contributed by atoms with Crippen LogP contribution in [-0.4, -0.2) is 6.54 Å². The molecule has 0 bridgehead atoms. The number of aryl methyl sites for hydroxylation is 1. The Hall–Kier alpha value is -0.700. The van der Waals surface area contributed by atoms with E-state index in [1.54, 1.807) is 0 Å². The Labute approximate surface area is 125 Å². The van der Waals surface area contributed by atoms with Gasteiger partial charge < -0.3 is 11.1 Å². The van der Waals surface area contributed by atoms with E-state index in [0.29, 0.717) is 0 Å². The summed E-state index contributed by atoms with van der Waals surface area (Å²) >= 11 is 3.57. The predicted octanol–water partition coefficient (Wildman–Crippen LogP) is 4.97. The molecule has 1 aromatic rings. The van der Waals surface area contributed by atoms with Crippen molar-refractivity contribution in [1.29, 1.82) is 0 Å². The second kappa shape index (κ2) is 6.65. The minimum absolute atomic E-state index is 0.846. The molecule has 1 aliphatic rings. The number of nitrogens with two attached hydrogens (primary N) is 1.